The minimum absolute atomic E-state index is 0.0971. The average Bonchev–Trinajstić information content (AvgIpc) is 2.45. The topological polar surface area (TPSA) is 107 Å². The molecule has 7 heteroatoms. The largest absolute Gasteiger partial charge is 0.485 e. The van der Waals surface area contributed by atoms with E-state index in [1.807, 2.05) is 0 Å². The summed E-state index contributed by atoms with van der Waals surface area (Å²) in [6.45, 7) is 1.31. The van der Waals surface area contributed by atoms with E-state index in [1.54, 1.807) is 0 Å². The number of nitrogens with one attached hydrogen (secondary N) is 1. The highest BCUT2D eigenvalue weighted by Gasteiger charge is 2.20. The summed E-state index contributed by atoms with van der Waals surface area (Å²) in [5.74, 6) is -0.541. The van der Waals surface area contributed by atoms with Gasteiger partial charge in [-0.2, -0.15) is 0 Å². The minimum atomic E-state index is -0.700. The van der Waals surface area contributed by atoms with E-state index in [4.69, 9.17) is 10.5 Å². The molecule has 108 valence electrons. The van der Waals surface area contributed by atoms with Crippen LogP contribution in [0.3, 0.4) is 0 Å². The number of carbonyl (C=O) groups excluding carboxylic acids is 1. The quantitative estimate of drug-likeness (QED) is 0.622. The molecule has 1 aromatic carbocycles. The van der Waals surface area contributed by atoms with Gasteiger partial charge >= 0.3 is 5.69 Å². The van der Waals surface area contributed by atoms with Gasteiger partial charge in [0, 0.05) is 17.7 Å². The van der Waals surface area contributed by atoms with Crippen LogP contribution in [0.4, 0.5) is 5.69 Å². The number of carbonyl (C=O) groups is 1. The lowest BCUT2D eigenvalue weighted by Gasteiger charge is -2.23. The Kier molecular flexibility index (Phi) is 4.52. The number of benzene rings is 1. The third-order valence-corrected chi connectivity index (χ3v) is 3.29. The van der Waals surface area contributed by atoms with Crippen molar-refractivity contribution in [2.75, 3.05) is 13.2 Å². The summed E-state index contributed by atoms with van der Waals surface area (Å²) in [5, 5.41) is 14.3. The van der Waals surface area contributed by atoms with Crippen LogP contribution < -0.4 is 15.8 Å². The van der Waals surface area contributed by atoms with Crippen LogP contribution in [-0.4, -0.2) is 30.0 Å². The van der Waals surface area contributed by atoms with Gasteiger partial charge in [0.2, 0.25) is 5.91 Å². The van der Waals surface area contributed by atoms with Crippen LogP contribution in [0.5, 0.6) is 5.75 Å². The Morgan fingerprint density at radius 2 is 2.30 bits per heavy atom. The number of hydrogen-bond donors (Lipinski definition) is 2. The highest BCUT2D eigenvalue weighted by Crippen LogP contribution is 2.28. The molecule has 20 heavy (non-hydrogen) atoms. The van der Waals surface area contributed by atoms with Crippen molar-refractivity contribution in [2.45, 2.75) is 25.3 Å². The predicted molar refractivity (Wildman–Crippen MR) is 72.8 cm³/mol. The lowest BCUT2D eigenvalue weighted by atomic mass is 10.1. The SMILES string of the molecule is NC(=O)c1ccc(OCC2CCCCN2)c([N+](=O)[O-])c1. The number of nitro groups is 1. The molecule has 0 bridgehead atoms. The summed E-state index contributed by atoms with van der Waals surface area (Å²) >= 11 is 0. The van der Waals surface area contributed by atoms with Crippen molar-refractivity contribution in [1.82, 2.24) is 5.32 Å². The number of hydrogen-bond acceptors (Lipinski definition) is 5. The second-order valence-corrected chi connectivity index (χ2v) is 4.76. The highest BCUT2D eigenvalue weighted by molar-refractivity contribution is 5.93. The maximum atomic E-state index is 11.0. The average molecular weight is 279 g/mol. The smallest absolute Gasteiger partial charge is 0.311 e. The van der Waals surface area contributed by atoms with Crippen molar-refractivity contribution in [2.24, 2.45) is 5.73 Å². The zero-order valence-corrected chi connectivity index (χ0v) is 11.0. The summed E-state index contributed by atoms with van der Waals surface area (Å²) in [4.78, 5) is 21.5. The molecule has 1 fully saturated rings. The van der Waals surface area contributed by atoms with Crippen LogP contribution in [-0.2, 0) is 0 Å². The van der Waals surface area contributed by atoms with Gasteiger partial charge in [-0.15, -0.1) is 0 Å². The number of rotatable bonds is 5. The summed E-state index contributed by atoms with van der Waals surface area (Å²) in [6, 6.07) is 4.20. The number of ether oxygens (including phenoxy) is 1. The fraction of sp³-hybridized carbons (Fsp3) is 0.462. The van der Waals surface area contributed by atoms with Crippen molar-refractivity contribution in [1.29, 1.82) is 0 Å². The van der Waals surface area contributed by atoms with Crippen LogP contribution in [0.15, 0.2) is 18.2 Å². The summed E-state index contributed by atoms with van der Waals surface area (Å²) < 4.78 is 5.52. The Bertz CT molecular complexity index is 512. The van der Waals surface area contributed by atoms with E-state index in [0.29, 0.717) is 6.61 Å². The molecule has 7 nitrogen and oxygen atoms in total. The lowest BCUT2D eigenvalue weighted by molar-refractivity contribution is -0.385. The number of nitro benzene ring substituents is 1. The van der Waals surface area contributed by atoms with Gasteiger partial charge < -0.3 is 15.8 Å². The van der Waals surface area contributed by atoms with Crippen LogP contribution in [0.2, 0.25) is 0 Å². The van der Waals surface area contributed by atoms with Gasteiger partial charge in [0.05, 0.1) is 4.92 Å². The lowest BCUT2D eigenvalue weighted by Crippen LogP contribution is -2.38. The van der Waals surface area contributed by atoms with E-state index in [2.05, 4.69) is 5.32 Å². The van der Waals surface area contributed by atoms with E-state index in [-0.39, 0.29) is 23.0 Å². The third-order valence-electron chi connectivity index (χ3n) is 3.29. The van der Waals surface area contributed by atoms with Crippen molar-refractivity contribution in [3.8, 4) is 5.75 Å². The molecule has 1 heterocycles. The summed E-state index contributed by atoms with van der Waals surface area (Å²) in [6.07, 6.45) is 3.26. The zero-order valence-electron chi connectivity index (χ0n) is 11.0. The van der Waals surface area contributed by atoms with Gasteiger partial charge in [0.1, 0.15) is 6.61 Å². The molecule has 0 radical (unpaired) electrons. The minimum Gasteiger partial charge on any atom is -0.485 e. The van der Waals surface area contributed by atoms with Gasteiger partial charge in [0.25, 0.3) is 0 Å². The molecule has 0 aromatic heterocycles. The molecule has 1 aliphatic rings. The standard InChI is InChI=1S/C13H17N3O4/c14-13(17)9-4-5-12(11(7-9)16(18)19)20-8-10-3-1-2-6-15-10/h4-5,7,10,15H,1-3,6,8H2,(H2,14,17). The second kappa shape index (κ2) is 6.33. The molecule has 0 spiro atoms. The molecule has 1 aliphatic heterocycles. The van der Waals surface area contributed by atoms with Gasteiger partial charge in [-0.05, 0) is 31.5 Å². The van der Waals surface area contributed by atoms with Crippen molar-refractivity contribution in [3.63, 3.8) is 0 Å². The van der Waals surface area contributed by atoms with Gasteiger partial charge in [-0.25, -0.2) is 0 Å². The number of amides is 1. The van der Waals surface area contributed by atoms with Gasteiger partial charge in [0.15, 0.2) is 5.75 Å². The Morgan fingerprint density at radius 3 is 2.90 bits per heavy atom. The normalized spacial score (nSPS) is 18.5. The van der Waals surface area contributed by atoms with Gasteiger partial charge in [-0.3, -0.25) is 14.9 Å². The maximum Gasteiger partial charge on any atom is 0.311 e. The Morgan fingerprint density at radius 1 is 1.50 bits per heavy atom. The first-order valence-corrected chi connectivity index (χ1v) is 6.52. The second-order valence-electron chi connectivity index (χ2n) is 4.76. The molecule has 1 amide bonds. The highest BCUT2D eigenvalue weighted by atomic mass is 16.6. The first-order chi connectivity index (χ1) is 9.58. The van der Waals surface area contributed by atoms with E-state index < -0.39 is 10.8 Å². The first-order valence-electron chi connectivity index (χ1n) is 6.52. The monoisotopic (exact) mass is 279 g/mol. The molecule has 1 aromatic rings. The molecular weight excluding hydrogens is 262 g/mol. The molecule has 2 rings (SSSR count). The Balaban J connectivity index is 2.09. The Labute approximate surface area is 116 Å². The van der Waals surface area contributed by atoms with Crippen molar-refractivity contribution in [3.05, 3.63) is 33.9 Å². The third kappa shape index (κ3) is 3.45. The number of nitrogens with zero attached hydrogens (tertiary/aromatic N) is 1. The van der Waals surface area contributed by atoms with E-state index in [1.165, 1.54) is 12.1 Å². The van der Waals surface area contributed by atoms with Crippen molar-refractivity contribution >= 4 is 11.6 Å². The first kappa shape index (κ1) is 14.3. The van der Waals surface area contributed by atoms with Gasteiger partial charge in [-0.1, -0.05) is 6.42 Å². The molecule has 1 saturated heterocycles. The summed E-state index contributed by atoms with van der Waals surface area (Å²) in [7, 11) is 0. The van der Waals surface area contributed by atoms with Crippen molar-refractivity contribution < 1.29 is 14.5 Å². The maximum absolute atomic E-state index is 11.0. The number of primary amides is 1. The van der Waals surface area contributed by atoms with E-state index in [0.717, 1.165) is 31.9 Å². The molecule has 0 aliphatic carbocycles. The van der Waals surface area contributed by atoms with E-state index >= 15 is 0 Å². The van der Waals surface area contributed by atoms with Crippen LogP contribution in [0.1, 0.15) is 29.6 Å². The molecule has 1 unspecified atom stereocenters. The fourth-order valence-corrected chi connectivity index (χ4v) is 2.19. The number of piperidine rings is 1. The molecular formula is C13H17N3O4. The Hall–Kier alpha value is -2.15. The molecule has 3 N–H and O–H groups in total. The molecule has 0 saturated carbocycles. The predicted octanol–water partition coefficient (Wildman–Crippen LogP) is 1.21. The molecule has 1 atom stereocenters. The zero-order chi connectivity index (χ0) is 14.5. The van der Waals surface area contributed by atoms with E-state index in [9.17, 15) is 14.9 Å². The van der Waals surface area contributed by atoms with Crippen LogP contribution in [0.25, 0.3) is 0 Å². The van der Waals surface area contributed by atoms with Crippen LogP contribution in [0, 0.1) is 10.1 Å². The fourth-order valence-electron chi connectivity index (χ4n) is 2.19. The number of nitrogens with two attached hydrogens (primary N) is 1. The van der Waals surface area contributed by atoms with Crippen LogP contribution >= 0.6 is 0 Å². The summed E-state index contributed by atoms with van der Waals surface area (Å²) in [5.41, 5.74) is 4.97.